The average Bonchev–Trinajstić information content (AvgIpc) is 2.61. The van der Waals surface area contributed by atoms with Gasteiger partial charge >= 0.3 is 0 Å². The van der Waals surface area contributed by atoms with Crippen molar-refractivity contribution in [1.82, 2.24) is 0 Å². The molecule has 2 aromatic carbocycles. The standard InChI is InChI=1S/C20H18F2O3/c21-15-6-14(7-16(22)9-15)12-3-4-19-17(8-12)18(23)10-20(25-19)13-2-1-5-24-11-13/h3-4,6-9,13,20H,1-2,5,10-11H2. The van der Waals surface area contributed by atoms with E-state index in [0.29, 0.717) is 35.5 Å². The maximum Gasteiger partial charge on any atom is 0.170 e. The Morgan fingerprint density at radius 3 is 2.52 bits per heavy atom. The summed E-state index contributed by atoms with van der Waals surface area (Å²) >= 11 is 0. The number of halogens is 2. The number of hydrogen-bond acceptors (Lipinski definition) is 3. The zero-order valence-electron chi connectivity index (χ0n) is 13.6. The smallest absolute Gasteiger partial charge is 0.170 e. The predicted molar refractivity (Wildman–Crippen MR) is 88.7 cm³/mol. The highest BCUT2D eigenvalue weighted by Crippen LogP contribution is 2.35. The van der Waals surface area contributed by atoms with E-state index < -0.39 is 11.6 Å². The van der Waals surface area contributed by atoms with E-state index in [1.54, 1.807) is 18.2 Å². The van der Waals surface area contributed by atoms with Gasteiger partial charge in [-0.15, -0.1) is 0 Å². The van der Waals surface area contributed by atoms with Crippen molar-refractivity contribution in [2.75, 3.05) is 13.2 Å². The molecule has 25 heavy (non-hydrogen) atoms. The van der Waals surface area contributed by atoms with E-state index in [-0.39, 0.29) is 17.8 Å². The van der Waals surface area contributed by atoms with Crippen LogP contribution >= 0.6 is 0 Å². The minimum Gasteiger partial charge on any atom is -0.489 e. The lowest BCUT2D eigenvalue weighted by atomic mass is 9.88. The Labute approximate surface area is 144 Å². The second-order valence-electron chi connectivity index (χ2n) is 6.63. The second-order valence-corrected chi connectivity index (χ2v) is 6.63. The molecule has 2 aliphatic heterocycles. The summed E-state index contributed by atoms with van der Waals surface area (Å²) in [6.07, 6.45) is 2.11. The first-order valence-electron chi connectivity index (χ1n) is 8.48. The summed E-state index contributed by atoms with van der Waals surface area (Å²) in [5.41, 5.74) is 1.46. The highest BCUT2D eigenvalue weighted by Gasteiger charge is 2.33. The quantitative estimate of drug-likeness (QED) is 0.810. The molecule has 0 N–H and O–H groups in total. The summed E-state index contributed by atoms with van der Waals surface area (Å²) in [4.78, 5) is 12.6. The molecule has 130 valence electrons. The molecule has 0 aromatic heterocycles. The minimum absolute atomic E-state index is 0.00412. The summed E-state index contributed by atoms with van der Waals surface area (Å²) < 4.78 is 38.4. The lowest BCUT2D eigenvalue weighted by Crippen LogP contribution is -2.38. The molecule has 0 spiro atoms. The zero-order valence-corrected chi connectivity index (χ0v) is 13.6. The molecule has 0 saturated carbocycles. The Balaban J connectivity index is 1.63. The molecular weight excluding hydrogens is 326 g/mol. The highest BCUT2D eigenvalue weighted by atomic mass is 19.1. The molecule has 1 saturated heterocycles. The lowest BCUT2D eigenvalue weighted by Gasteiger charge is -2.33. The zero-order chi connectivity index (χ0) is 17.4. The van der Waals surface area contributed by atoms with Crippen LogP contribution < -0.4 is 4.74 Å². The van der Waals surface area contributed by atoms with Crippen molar-refractivity contribution in [1.29, 1.82) is 0 Å². The fourth-order valence-electron chi connectivity index (χ4n) is 3.57. The third-order valence-corrected chi connectivity index (χ3v) is 4.86. The Morgan fingerprint density at radius 2 is 1.80 bits per heavy atom. The van der Waals surface area contributed by atoms with E-state index in [4.69, 9.17) is 9.47 Å². The van der Waals surface area contributed by atoms with Gasteiger partial charge in [-0.25, -0.2) is 8.78 Å². The number of ketones is 1. The normalized spacial score (nSPS) is 23.0. The van der Waals surface area contributed by atoms with E-state index in [1.807, 2.05) is 0 Å². The van der Waals surface area contributed by atoms with Gasteiger partial charge in [0.05, 0.1) is 12.2 Å². The van der Waals surface area contributed by atoms with E-state index in [1.165, 1.54) is 12.1 Å². The third-order valence-electron chi connectivity index (χ3n) is 4.86. The molecule has 0 bridgehead atoms. The number of carbonyl (C=O) groups excluding carboxylic acids is 1. The molecule has 2 unspecified atom stereocenters. The van der Waals surface area contributed by atoms with Crippen molar-refractivity contribution in [3.8, 4) is 16.9 Å². The molecule has 5 heteroatoms. The highest BCUT2D eigenvalue weighted by molar-refractivity contribution is 6.01. The van der Waals surface area contributed by atoms with Gasteiger partial charge in [-0.2, -0.15) is 0 Å². The van der Waals surface area contributed by atoms with Crippen LogP contribution in [0.25, 0.3) is 11.1 Å². The van der Waals surface area contributed by atoms with Gasteiger partial charge in [0.15, 0.2) is 5.78 Å². The van der Waals surface area contributed by atoms with Gasteiger partial charge in [-0.3, -0.25) is 4.79 Å². The van der Waals surface area contributed by atoms with Crippen molar-refractivity contribution in [2.45, 2.75) is 25.4 Å². The molecule has 0 radical (unpaired) electrons. The number of carbonyl (C=O) groups is 1. The van der Waals surface area contributed by atoms with Crippen LogP contribution in [0.5, 0.6) is 5.75 Å². The first-order chi connectivity index (χ1) is 12.1. The van der Waals surface area contributed by atoms with E-state index in [0.717, 1.165) is 25.5 Å². The number of benzene rings is 2. The Hall–Kier alpha value is -2.27. The fourth-order valence-corrected chi connectivity index (χ4v) is 3.57. The van der Waals surface area contributed by atoms with Gasteiger partial charge in [0.2, 0.25) is 0 Å². The number of ether oxygens (including phenoxy) is 2. The SMILES string of the molecule is O=C1CC(C2CCCOC2)Oc2ccc(-c3cc(F)cc(F)c3)cc21. The minimum atomic E-state index is -0.646. The maximum absolute atomic E-state index is 13.4. The molecule has 3 nitrogen and oxygen atoms in total. The van der Waals surface area contributed by atoms with Crippen molar-refractivity contribution < 1.29 is 23.0 Å². The topological polar surface area (TPSA) is 35.5 Å². The first kappa shape index (κ1) is 16.2. The van der Waals surface area contributed by atoms with Crippen LogP contribution in [0.3, 0.4) is 0 Å². The van der Waals surface area contributed by atoms with Crippen LogP contribution in [-0.4, -0.2) is 25.1 Å². The third kappa shape index (κ3) is 3.29. The fraction of sp³-hybridized carbons (Fsp3) is 0.350. The van der Waals surface area contributed by atoms with Crippen LogP contribution in [0.15, 0.2) is 36.4 Å². The molecule has 2 heterocycles. The Kier molecular flexibility index (Phi) is 4.25. The molecule has 1 fully saturated rings. The van der Waals surface area contributed by atoms with Gasteiger partial charge in [0, 0.05) is 25.0 Å². The molecule has 2 atom stereocenters. The predicted octanol–water partition coefficient (Wildman–Crippen LogP) is 4.39. The summed E-state index contributed by atoms with van der Waals surface area (Å²) in [5, 5.41) is 0. The van der Waals surface area contributed by atoms with Gasteiger partial charge in [0.1, 0.15) is 23.5 Å². The van der Waals surface area contributed by atoms with Crippen molar-refractivity contribution >= 4 is 5.78 Å². The van der Waals surface area contributed by atoms with Crippen LogP contribution in [0, 0.1) is 17.6 Å². The van der Waals surface area contributed by atoms with Crippen LogP contribution in [0.4, 0.5) is 8.78 Å². The second kappa shape index (κ2) is 6.56. The number of Topliss-reactive ketones (excluding diaryl/α,β-unsaturated/α-hetero) is 1. The number of hydrogen-bond donors (Lipinski definition) is 0. The van der Waals surface area contributed by atoms with Gasteiger partial charge in [-0.05, 0) is 48.2 Å². The average molecular weight is 344 g/mol. The van der Waals surface area contributed by atoms with E-state index >= 15 is 0 Å². The van der Waals surface area contributed by atoms with Crippen molar-refractivity contribution in [2.24, 2.45) is 5.92 Å². The maximum atomic E-state index is 13.4. The van der Waals surface area contributed by atoms with E-state index in [2.05, 4.69) is 0 Å². The molecule has 2 aromatic rings. The Morgan fingerprint density at radius 1 is 1.00 bits per heavy atom. The Bertz CT molecular complexity index is 792. The first-order valence-corrected chi connectivity index (χ1v) is 8.48. The van der Waals surface area contributed by atoms with Gasteiger partial charge in [0.25, 0.3) is 0 Å². The molecule has 0 amide bonds. The summed E-state index contributed by atoms with van der Waals surface area (Å²) in [6.45, 7) is 1.38. The molecule has 4 rings (SSSR count). The largest absolute Gasteiger partial charge is 0.489 e. The monoisotopic (exact) mass is 344 g/mol. The van der Waals surface area contributed by atoms with E-state index in [9.17, 15) is 13.6 Å². The van der Waals surface area contributed by atoms with Crippen LogP contribution in [0.2, 0.25) is 0 Å². The van der Waals surface area contributed by atoms with Crippen LogP contribution in [0.1, 0.15) is 29.6 Å². The molecule has 0 aliphatic carbocycles. The van der Waals surface area contributed by atoms with Crippen molar-refractivity contribution in [3.63, 3.8) is 0 Å². The number of rotatable bonds is 2. The van der Waals surface area contributed by atoms with Gasteiger partial charge < -0.3 is 9.47 Å². The molecule has 2 aliphatic rings. The van der Waals surface area contributed by atoms with Crippen molar-refractivity contribution in [3.05, 3.63) is 53.6 Å². The lowest BCUT2D eigenvalue weighted by molar-refractivity contribution is -0.00363. The van der Waals surface area contributed by atoms with Gasteiger partial charge in [-0.1, -0.05) is 6.07 Å². The molecular formula is C20H18F2O3. The van der Waals surface area contributed by atoms with Crippen LogP contribution in [-0.2, 0) is 4.74 Å². The summed E-state index contributed by atoms with van der Waals surface area (Å²) in [7, 11) is 0. The summed E-state index contributed by atoms with van der Waals surface area (Å²) in [5.74, 6) is -0.536. The summed E-state index contributed by atoms with van der Waals surface area (Å²) in [6, 6.07) is 8.41. The number of fused-ring (bicyclic) bond motifs is 1.